The Morgan fingerprint density at radius 3 is 2.50 bits per heavy atom. The molecule has 0 bridgehead atoms. The molecule has 0 radical (unpaired) electrons. The molecule has 0 saturated heterocycles. The molecule has 4 rings (SSSR count). The average molecular weight is 455 g/mol. The summed E-state index contributed by atoms with van der Waals surface area (Å²) in [5, 5.41) is 0. The van der Waals surface area contributed by atoms with Gasteiger partial charge in [0.1, 0.15) is 31.1 Å². The minimum atomic E-state index is -3.95. The van der Waals surface area contributed by atoms with Gasteiger partial charge in [-0.15, -0.1) is 0 Å². The minimum absolute atomic E-state index is 0.0606. The van der Waals surface area contributed by atoms with Gasteiger partial charge in [0.05, 0.1) is 4.90 Å². The summed E-state index contributed by atoms with van der Waals surface area (Å²) < 4.78 is 47.4. The second-order valence-electron chi connectivity index (χ2n) is 7.30. The van der Waals surface area contributed by atoms with Crippen LogP contribution in [0.25, 0.3) is 0 Å². The first-order valence-corrected chi connectivity index (χ1v) is 11.4. The molecule has 1 aliphatic rings. The van der Waals surface area contributed by atoms with Crippen LogP contribution in [0.4, 0.5) is 0 Å². The molecule has 8 heteroatoms. The number of carbonyl (C=O) groups is 1. The summed E-state index contributed by atoms with van der Waals surface area (Å²) in [6, 6.07) is 19.2. The summed E-state index contributed by atoms with van der Waals surface area (Å²) in [5.74, 6) is 0.940. The largest absolute Gasteiger partial charge is 0.488 e. The number of ether oxygens (including phenoxy) is 3. The Bertz CT molecular complexity index is 1190. The van der Waals surface area contributed by atoms with Gasteiger partial charge in [-0.1, -0.05) is 48.0 Å². The predicted molar refractivity (Wildman–Crippen MR) is 117 cm³/mol. The zero-order valence-electron chi connectivity index (χ0n) is 17.4. The van der Waals surface area contributed by atoms with Gasteiger partial charge in [-0.3, -0.25) is 8.98 Å². The molecule has 1 unspecified atom stereocenters. The lowest BCUT2D eigenvalue weighted by atomic mass is 10.1. The number of carbonyl (C=O) groups excluding carboxylic acids is 1. The normalized spacial score (nSPS) is 15.2. The molecule has 0 saturated carbocycles. The van der Waals surface area contributed by atoms with Crippen LogP contribution in [0.15, 0.2) is 71.6 Å². The first-order valence-electron chi connectivity index (χ1n) is 10.0. The van der Waals surface area contributed by atoms with E-state index >= 15 is 0 Å². The molecule has 1 heterocycles. The lowest BCUT2D eigenvalue weighted by molar-refractivity contribution is 0.0539. The van der Waals surface area contributed by atoms with E-state index in [1.165, 1.54) is 12.1 Å². The third-order valence-electron chi connectivity index (χ3n) is 4.90. The molecule has 0 fully saturated rings. The van der Waals surface area contributed by atoms with Crippen LogP contribution in [0, 0.1) is 6.92 Å². The fourth-order valence-corrected chi connectivity index (χ4v) is 4.11. The summed E-state index contributed by atoms with van der Waals surface area (Å²) in [5.41, 5.74) is 2.09. The Labute approximate surface area is 186 Å². The highest BCUT2D eigenvalue weighted by molar-refractivity contribution is 7.86. The van der Waals surface area contributed by atoms with Crippen molar-refractivity contribution in [1.29, 1.82) is 0 Å². The number of rotatable bonds is 8. The molecule has 32 heavy (non-hydrogen) atoms. The van der Waals surface area contributed by atoms with Crippen molar-refractivity contribution in [3.63, 3.8) is 0 Å². The van der Waals surface area contributed by atoms with Crippen molar-refractivity contribution in [2.24, 2.45) is 0 Å². The lowest BCUT2D eigenvalue weighted by Crippen LogP contribution is -2.34. The first-order chi connectivity index (χ1) is 15.5. The lowest BCUT2D eigenvalue weighted by Gasteiger charge is -2.27. The zero-order valence-corrected chi connectivity index (χ0v) is 18.2. The van der Waals surface area contributed by atoms with Crippen LogP contribution in [0.3, 0.4) is 0 Å². The Hall–Kier alpha value is -3.36. The van der Waals surface area contributed by atoms with Gasteiger partial charge in [0.2, 0.25) is 0 Å². The van der Waals surface area contributed by atoms with Crippen LogP contribution in [-0.4, -0.2) is 34.0 Å². The van der Waals surface area contributed by atoms with E-state index in [4.69, 9.17) is 18.4 Å². The molecule has 1 aliphatic heterocycles. The summed E-state index contributed by atoms with van der Waals surface area (Å²) >= 11 is 0. The summed E-state index contributed by atoms with van der Waals surface area (Å²) in [4.78, 5) is 11.9. The van der Waals surface area contributed by atoms with Crippen molar-refractivity contribution >= 4 is 16.4 Å². The van der Waals surface area contributed by atoms with E-state index in [9.17, 15) is 13.2 Å². The standard InChI is InChI=1S/C24H22O7S/c1-17-7-9-20(10-8-17)32(26,27)30-16-19-15-29-23-12-11-22(21(13-25)24(23)31-19)28-14-18-5-3-2-4-6-18/h2-13,19H,14-16H2,1H3. The van der Waals surface area contributed by atoms with Gasteiger partial charge in [-0.05, 0) is 36.8 Å². The molecule has 0 amide bonds. The van der Waals surface area contributed by atoms with Crippen molar-refractivity contribution < 1.29 is 31.6 Å². The topological polar surface area (TPSA) is 88.1 Å². The molecule has 1 atom stereocenters. The fraction of sp³-hybridized carbons (Fsp3) is 0.208. The van der Waals surface area contributed by atoms with Gasteiger partial charge >= 0.3 is 0 Å². The van der Waals surface area contributed by atoms with E-state index in [0.29, 0.717) is 17.8 Å². The molecular formula is C24H22O7S. The minimum Gasteiger partial charge on any atom is -0.488 e. The van der Waals surface area contributed by atoms with Gasteiger partial charge in [0, 0.05) is 0 Å². The highest BCUT2D eigenvalue weighted by Crippen LogP contribution is 2.40. The highest BCUT2D eigenvalue weighted by atomic mass is 32.2. The van der Waals surface area contributed by atoms with Gasteiger partial charge in [0.15, 0.2) is 23.9 Å². The number of benzene rings is 3. The second-order valence-corrected chi connectivity index (χ2v) is 8.91. The number of fused-ring (bicyclic) bond motifs is 1. The maximum absolute atomic E-state index is 12.4. The maximum Gasteiger partial charge on any atom is 0.297 e. The Morgan fingerprint density at radius 2 is 1.78 bits per heavy atom. The molecule has 3 aromatic rings. The first kappa shape index (κ1) is 21.9. The average Bonchev–Trinajstić information content (AvgIpc) is 2.82. The Balaban J connectivity index is 1.46. The summed E-state index contributed by atoms with van der Waals surface area (Å²) in [6.45, 7) is 1.97. The fourth-order valence-electron chi connectivity index (χ4n) is 3.17. The predicted octanol–water partition coefficient (Wildman–Crippen LogP) is 3.93. The van der Waals surface area contributed by atoms with E-state index in [-0.39, 0.29) is 36.0 Å². The smallest absolute Gasteiger partial charge is 0.297 e. The number of hydrogen-bond donors (Lipinski definition) is 0. The number of hydrogen-bond acceptors (Lipinski definition) is 7. The monoisotopic (exact) mass is 454 g/mol. The van der Waals surface area contributed by atoms with Crippen LogP contribution >= 0.6 is 0 Å². The van der Waals surface area contributed by atoms with E-state index in [1.807, 2.05) is 37.3 Å². The van der Waals surface area contributed by atoms with Gasteiger partial charge in [-0.25, -0.2) is 0 Å². The Morgan fingerprint density at radius 1 is 1.03 bits per heavy atom. The van der Waals surface area contributed by atoms with Crippen LogP contribution in [0.1, 0.15) is 21.5 Å². The SMILES string of the molecule is Cc1ccc(S(=O)(=O)OCC2COc3ccc(OCc4ccccc4)c(C=O)c3O2)cc1. The number of aldehydes is 1. The van der Waals surface area contributed by atoms with Gasteiger partial charge < -0.3 is 14.2 Å². The quantitative estimate of drug-likeness (QED) is 0.376. The molecule has 7 nitrogen and oxygen atoms in total. The third-order valence-corrected chi connectivity index (χ3v) is 6.20. The molecule has 0 N–H and O–H groups in total. The molecule has 0 aliphatic carbocycles. The van der Waals surface area contributed by atoms with E-state index in [1.54, 1.807) is 24.3 Å². The molecule has 166 valence electrons. The van der Waals surface area contributed by atoms with Crippen molar-refractivity contribution in [2.45, 2.75) is 24.5 Å². The van der Waals surface area contributed by atoms with E-state index in [0.717, 1.165) is 11.1 Å². The van der Waals surface area contributed by atoms with Gasteiger partial charge in [-0.2, -0.15) is 8.42 Å². The second kappa shape index (κ2) is 9.42. The molecule has 3 aromatic carbocycles. The molecule has 0 spiro atoms. The number of aryl methyl sites for hydroxylation is 1. The summed E-state index contributed by atoms with van der Waals surface area (Å²) in [6.07, 6.45) is -0.0831. The van der Waals surface area contributed by atoms with Crippen molar-refractivity contribution in [3.8, 4) is 17.2 Å². The zero-order chi connectivity index (χ0) is 22.6. The van der Waals surface area contributed by atoms with Gasteiger partial charge in [0.25, 0.3) is 10.1 Å². The highest BCUT2D eigenvalue weighted by Gasteiger charge is 2.28. The molecule has 0 aromatic heterocycles. The van der Waals surface area contributed by atoms with Crippen molar-refractivity contribution in [2.75, 3.05) is 13.2 Å². The maximum atomic E-state index is 12.4. The third kappa shape index (κ3) is 4.92. The van der Waals surface area contributed by atoms with Crippen LogP contribution in [-0.2, 0) is 20.9 Å². The summed E-state index contributed by atoms with van der Waals surface area (Å²) in [7, 11) is -3.95. The van der Waals surface area contributed by atoms with E-state index in [2.05, 4.69) is 0 Å². The van der Waals surface area contributed by atoms with Crippen LogP contribution in [0.5, 0.6) is 17.2 Å². The van der Waals surface area contributed by atoms with Crippen molar-refractivity contribution in [1.82, 2.24) is 0 Å². The van der Waals surface area contributed by atoms with Crippen LogP contribution in [0.2, 0.25) is 0 Å². The van der Waals surface area contributed by atoms with E-state index < -0.39 is 16.2 Å². The van der Waals surface area contributed by atoms with Crippen LogP contribution < -0.4 is 14.2 Å². The molecular weight excluding hydrogens is 432 g/mol. The van der Waals surface area contributed by atoms with Crippen molar-refractivity contribution in [3.05, 3.63) is 83.4 Å². The Kier molecular flexibility index (Phi) is 6.43.